The van der Waals surface area contributed by atoms with Crippen molar-refractivity contribution < 1.29 is 4.74 Å². The van der Waals surface area contributed by atoms with E-state index in [9.17, 15) is 0 Å². The van der Waals surface area contributed by atoms with Crippen LogP contribution in [0, 0.1) is 0 Å². The second kappa shape index (κ2) is 6.41. The lowest BCUT2D eigenvalue weighted by molar-refractivity contribution is 0.0997. The first-order valence-electron chi connectivity index (χ1n) is 6.10. The Hall–Kier alpha value is -0.0800. The van der Waals surface area contributed by atoms with Gasteiger partial charge in [-0.3, -0.25) is 0 Å². The van der Waals surface area contributed by atoms with Crippen molar-refractivity contribution in [3.63, 3.8) is 0 Å². The topological polar surface area (TPSA) is 21.3 Å². The molecule has 0 aromatic carbocycles. The zero-order valence-electron chi connectivity index (χ0n) is 9.88. The van der Waals surface area contributed by atoms with Crippen LogP contribution >= 0.6 is 0 Å². The van der Waals surface area contributed by atoms with Gasteiger partial charge in [-0.1, -0.05) is 6.92 Å². The molecule has 0 radical (unpaired) electrons. The van der Waals surface area contributed by atoms with Crippen molar-refractivity contribution in [3.05, 3.63) is 0 Å². The fourth-order valence-electron chi connectivity index (χ4n) is 1.99. The van der Waals surface area contributed by atoms with Gasteiger partial charge in [-0.05, 0) is 46.0 Å². The summed E-state index contributed by atoms with van der Waals surface area (Å²) in [6.07, 6.45) is 6.77. The molecule has 0 amide bonds. The molecule has 1 fully saturated rings. The maximum atomic E-state index is 5.61. The zero-order chi connectivity index (χ0) is 10.4. The average Bonchev–Trinajstić information content (AvgIpc) is 2.67. The third-order valence-electron chi connectivity index (χ3n) is 3.13. The quantitative estimate of drug-likeness (QED) is 0.710. The van der Waals surface area contributed by atoms with Gasteiger partial charge in [0.25, 0.3) is 0 Å². The van der Waals surface area contributed by atoms with E-state index in [4.69, 9.17) is 4.74 Å². The molecule has 1 heterocycles. The molecule has 1 aliphatic heterocycles. The van der Waals surface area contributed by atoms with Gasteiger partial charge in [-0.15, -0.1) is 0 Å². The van der Waals surface area contributed by atoms with E-state index in [0.717, 1.165) is 6.61 Å². The van der Waals surface area contributed by atoms with Crippen molar-refractivity contribution in [2.24, 2.45) is 0 Å². The Morgan fingerprint density at radius 3 is 2.71 bits per heavy atom. The van der Waals surface area contributed by atoms with E-state index in [1.54, 1.807) is 0 Å². The second-order valence-electron chi connectivity index (χ2n) is 4.59. The van der Waals surface area contributed by atoms with Crippen LogP contribution in [0.15, 0.2) is 0 Å². The highest BCUT2D eigenvalue weighted by atomic mass is 16.5. The van der Waals surface area contributed by atoms with Crippen LogP contribution in [0.4, 0.5) is 0 Å². The molecule has 0 aromatic rings. The van der Waals surface area contributed by atoms with Crippen LogP contribution in [0.3, 0.4) is 0 Å². The van der Waals surface area contributed by atoms with Crippen LogP contribution in [0.2, 0.25) is 0 Å². The van der Waals surface area contributed by atoms with Crippen LogP contribution < -0.4 is 5.32 Å². The van der Waals surface area contributed by atoms with Crippen molar-refractivity contribution in [2.75, 3.05) is 6.61 Å². The van der Waals surface area contributed by atoms with Gasteiger partial charge in [-0.25, -0.2) is 0 Å². The number of rotatable bonds is 6. The molecule has 1 saturated heterocycles. The summed E-state index contributed by atoms with van der Waals surface area (Å²) in [6.45, 7) is 7.74. The van der Waals surface area contributed by atoms with Crippen LogP contribution in [0.25, 0.3) is 0 Å². The highest BCUT2D eigenvalue weighted by Gasteiger charge is 2.16. The minimum Gasteiger partial charge on any atom is -0.378 e. The normalized spacial score (nSPS) is 26.4. The Balaban J connectivity index is 2.04. The van der Waals surface area contributed by atoms with E-state index in [2.05, 4.69) is 26.1 Å². The summed E-state index contributed by atoms with van der Waals surface area (Å²) in [5.41, 5.74) is 0. The first-order valence-corrected chi connectivity index (χ1v) is 6.10. The fraction of sp³-hybridized carbons (Fsp3) is 1.00. The van der Waals surface area contributed by atoms with Crippen molar-refractivity contribution in [3.8, 4) is 0 Å². The number of ether oxygens (including phenoxy) is 1. The van der Waals surface area contributed by atoms with Crippen molar-refractivity contribution in [1.82, 2.24) is 5.32 Å². The van der Waals surface area contributed by atoms with Crippen molar-refractivity contribution >= 4 is 0 Å². The second-order valence-corrected chi connectivity index (χ2v) is 4.59. The Morgan fingerprint density at radius 2 is 2.14 bits per heavy atom. The summed E-state index contributed by atoms with van der Waals surface area (Å²) in [7, 11) is 0. The summed E-state index contributed by atoms with van der Waals surface area (Å²) in [5, 5.41) is 3.60. The van der Waals surface area contributed by atoms with E-state index >= 15 is 0 Å². The standard InChI is InChI=1S/C12H25NO/c1-4-10(2)13-11(3)7-8-12-6-5-9-14-12/h10-13H,4-9H2,1-3H3. The molecule has 0 aliphatic carbocycles. The average molecular weight is 199 g/mol. The van der Waals surface area contributed by atoms with Crippen molar-refractivity contribution in [2.45, 2.75) is 71.1 Å². The predicted molar refractivity (Wildman–Crippen MR) is 60.6 cm³/mol. The molecule has 3 atom stereocenters. The number of hydrogen-bond acceptors (Lipinski definition) is 2. The van der Waals surface area contributed by atoms with Crippen LogP contribution in [-0.4, -0.2) is 24.8 Å². The first-order chi connectivity index (χ1) is 6.72. The Bertz CT molecular complexity index is 143. The fourth-order valence-corrected chi connectivity index (χ4v) is 1.99. The molecular formula is C12H25NO. The molecule has 2 nitrogen and oxygen atoms in total. The van der Waals surface area contributed by atoms with E-state index in [-0.39, 0.29) is 0 Å². The summed E-state index contributed by atoms with van der Waals surface area (Å²) in [6, 6.07) is 1.28. The smallest absolute Gasteiger partial charge is 0.0576 e. The monoisotopic (exact) mass is 199 g/mol. The van der Waals surface area contributed by atoms with E-state index in [0.29, 0.717) is 18.2 Å². The molecule has 14 heavy (non-hydrogen) atoms. The molecule has 3 unspecified atom stereocenters. The lowest BCUT2D eigenvalue weighted by Gasteiger charge is -2.20. The molecule has 1 rings (SSSR count). The highest BCUT2D eigenvalue weighted by molar-refractivity contribution is 4.71. The molecule has 1 N–H and O–H groups in total. The predicted octanol–water partition coefficient (Wildman–Crippen LogP) is 2.72. The summed E-state index contributed by atoms with van der Waals surface area (Å²) in [4.78, 5) is 0. The summed E-state index contributed by atoms with van der Waals surface area (Å²) >= 11 is 0. The first kappa shape index (κ1) is 12.0. The minimum atomic E-state index is 0.552. The largest absolute Gasteiger partial charge is 0.378 e. The summed E-state index contributed by atoms with van der Waals surface area (Å²) in [5.74, 6) is 0. The van der Waals surface area contributed by atoms with Gasteiger partial charge in [0.1, 0.15) is 0 Å². The molecule has 0 spiro atoms. The van der Waals surface area contributed by atoms with Crippen LogP contribution in [0.5, 0.6) is 0 Å². The summed E-state index contributed by atoms with van der Waals surface area (Å²) < 4.78 is 5.61. The van der Waals surface area contributed by atoms with E-state index in [1.807, 2.05) is 0 Å². The Labute approximate surface area is 88.4 Å². The molecule has 1 aliphatic rings. The lowest BCUT2D eigenvalue weighted by atomic mass is 10.1. The van der Waals surface area contributed by atoms with Crippen LogP contribution in [0.1, 0.15) is 52.9 Å². The molecule has 0 aromatic heterocycles. The molecule has 0 bridgehead atoms. The zero-order valence-corrected chi connectivity index (χ0v) is 9.88. The van der Waals surface area contributed by atoms with E-state index in [1.165, 1.54) is 32.1 Å². The molecular weight excluding hydrogens is 174 g/mol. The molecule has 0 saturated carbocycles. The molecule has 2 heteroatoms. The van der Waals surface area contributed by atoms with Crippen molar-refractivity contribution in [1.29, 1.82) is 0 Å². The maximum absolute atomic E-state index is 5.61. The Kier molecular flexibility index (Phi) is 5.49. The SMILES string of the molecule is CCC(C)NC(C)CCC1CCCO1. The van der Waals surface area contributed by atoms with Gasteiger partial charge in [0.05, 0.1) is 6.10 Å². The maximum Gasteiger partial charge on any atom is 0.0576 e. The third kappa shape index (κ3) is 4.43. The third-order valence-corrected chi connectivity index (χ3v) is 3.13. The number of nitrogens with one attached hydrogen (secondary N) is 1. The molecule has 84 valence electrons. The minimum absolute atomic E-state index is 0.552. The van der Waals surface area contributed by atoms with E-state index < -0.39 is 0 Å². The van der Waals surface area contributed by atoms with Gasteiger partial charge in [0.15, 0.2) is 0 Å². The number of hydrogen-bond donors (Lipinski definition) is 1. The van der Waals surface area contributed by atoms with Crippen LogP contribution in [-0.2, 0) is 4.74 Å². The highest BCUT2D eigenvalue weighted by Crippen LogP contribution is 2.17. The lowest BCUT2D eigenvalue weighted by Crippen LogP contribution is -2.34. The van der Waals surface area contributed by atoms with Gasteiger partial charge < -0.3 is 10.1 Å². The van der Waals surface area contributed by atoms with Gasteiger partial charge in [0, 0.05) is 18.7 Å². The van der Waals surface area contributed by atoms with Gasteiger partial charge in [0.2, 0.25) is 0 Å². The Morgan fingerprint density at radius 1 is 1.36 bits per heavy atom. The van der Waals surface area contributed by atoms with Gasteiger partial charge >= 0.3 is 0 Å². The van der Waals surface area contributed by atoms with Gasteiger partial charge in [-0.2, -0.15) is 0 Å².